The second-order valence-electron chi connectivity index (χ2n) is 3.96. The van der Waals surface area contributed by atoms with Gasteiger partial charge in [-0.1, -0.05) is 18.5 Å². The summed E-state index contributed by atoms with van der Waals surface area (Å²) in [6, 6.07) is 1.79. The summed E-state index contributed by atoms with van der Waals surface area (Å²) in [4.78, 5) is 8.54. The zero-order valence-electron chi connectivity index (χ0n) is 9.37. The van der Waals surface area contributed by atoms with Gasteiger partial charge in [-0.2, -0.15) is 11.8 Å². The Bertz CT molecular complexity index is 353. The molecule has 0 amide bonds. The molecular weight excluding hydrogens is 242 g/mol. The predicted octanol–water partition coefficient (Wildman–Crippen LogP) is 2.86. The molecule has 16 heavy (non-hydrogen) atoms. The third-order valence-corrected chi connectivity index (χ3v) is 4.08. The normalized spacial score (nSPS) is 20.0. The van der Waals surface area contributed by atoms with E-state index in [-0.39, 0.29) is 0 Å². The summed E-state index contributed by atoms with van der Waals surface area (Å²) in [5.74, 6) is 4.97. The molecule has 3 nitrogen and oxygen atoms in total. The number of thioether (sulfide) groups is 1. The van der Waals surface area contributed by atoms with E-state index in [2.05, 4.69) is 15.3 Å². The van der Waals surface area contributed by atoms with Crippen molar-refractivity contribution in [2.75, 3.05) is 23.4 Å². The van der Waals surface area contributed by atoms with Crippen LogP contribution in [0.2, 0.25) is 5.15 Å². The maximum Gasteiger partial charge on any atom is 0.134 e. The monoisotopic (exact) mass is 257 g/mol. The number of hydrogen-bond donors (Lipinski definition) is 1. The van der Waals surface area contributed by atoms with Crippen molar-refractivity contribution >= 4 is 29.2 Å². The largest absolute Gasteiger partial charge is 0.370 e. The molecule has 1 aliphatic rings. The van der Waals surface area contributed by atoms with Crippen LogP contribution in [0.15, 0.2) is 6.07 Å². The number of hydrogen-bond acceptors (Lipinski definition) is 4. The second-order valence-corrected chi connectivity index (χ2v) is 5.49. The van der Waals surface area contributed by atoms with Gasteiger partial charge >= 0.3 is 0 Å². The molecule has 2 heterocycles. The van der Waals surface area contributed by atoms with Gasteiger partial charge in [0, 0.05) is 19.0 Å². The van der Waals surface area contributed by atoms with Crippen molar-refractivity contribution in [1.82, 2.24) is 9.97 Å². The second kappa shape index (κ2) is 5.73. The molecule has 1 N–H and O–H groups in total. The molecule has 1 unspecified atom stereocenters. The van der Waals surface area contributed by atoms with Crippen molar-refractivity contribution < 1.29 is 0 Å². The maximum atomic E-state index is 5.93. The molecule has 88 valence electrons. The van der Waals surface area contributed by atoms with Crippen LogP contribution >= 0.6 is 23.4 Å². The SMILES string of the molecule is CCc1nc(Cl)cc(NCC2CCSC2)n1. The van der Waals surface area contributed by atoms with E-state index < -0.39 is 0 Å². The third kappa shape index (κ3) is 3.25. The molecule has 1 fully saturated rings. The summed E-state index contributed by atoms with van der Waals surface area (Å²) < 4.78 is 0. The summed E-state index contributed by atoms with van der Waals surface area (Å²) >= 11 is 7.96. The maximum absolute atomic E-state index is 5.93. The van der Waals surface area contributed by atoms with Gasteiger partial charge in [0.25, 0.3) is 0 Å². The summed E-state index contributed by atoms with van der Waals surface area (Å²) in [7, 11) is 0. The van der Waals surface area contributed by atoms with E-state index >= 15 is 0 Å². The van der Waals surface area contributed by atoms with Gasteiger partial charge in [-0.25, -0.2) is 9.97 Å². The van der Waals surface area contributed by atoms with Crippen molar-refractivity contribution in [2.24, 2.45) is 5.92 Å². The van der Waals surface area contributed by atoms with E-state index in [0.29, 0.717) is 5.15 Å². The minimum Gasteiger partial charge on any atom is -0.370 e. The fraction of sp³-hybridized carbons (Fsp3) is 0.636. The molecule has 1 aliphatic heterocycles. The number of nitrogens with zero attached hydrogens (tertiary/aromatic N) is 2. The van der Waals surface area contributed by atoms with Crippen LogP contribution in [0, 0.1) is 5.92 Å². The molecule has 0 radical (unpaired) electrons. The van der Waals surface area contributed by atoms with Crippen LogP contribution in [-0.4, -0.2) is 28.0 Å². The van der Waals surface area contributed by atoms with E-state index in [1.165, 1.54) is 17.9 Å². The molecular formula is C11H16ClN3S. The van der Waals surface area contributed by atoms with Crippen LogP contribution in [0.3, 0.4) is 0 Å². The minimum absolute atomic E-state index is 0.523. The van der Waals surface area contributed by atoms with Crippen molar-refractivity contribution in [1.29, 1.82) is 0 Å². The molecule has 0 bridgehead atoms. The first kappa shape index (κ1) is 12.0. The van der Waals surface area contributed by atoms with E-state index in [4.69, 9.17) is 11.6 Å². The summed E-state index contributed by atoms with van der Waals surface area (Å²) in [5, 5.41) is 3.88. The molecule has 0 spiro atoms. The highest BCUT2D eigenvalue weighted by molar-refractivity contribution is 7.99. The van der Waals surface area contributed by atoms with Gasteiger partial charge in [-0.15, -0.1) is 0 Å². The smallest absolute Gasteiger partial charge is 0.134 e. The van der Waals surface area contributed by atoms with Gasteiger partial charge in [0.1, 0.15) is 16.8 Å². The highest BCUT2D eigenvalue weighted by Gasteiger charge is 2.15. The Morgan fingerprint density at radius 3 is 3.12 bits per heavy atom. The summed E-state index contributed by atoms with van der Waals surface area (Å²) in [5.41, 5.74) is 0. The number of aromatic nitrogens is 2. The average Bonchev–Trinajstić information content (AvgIpc) is 2.78. The number of aryl methyl sites for hydroxylation is 1. The zero-order valence-corrected chi connectivity index (χ0v) is 10.9. The molecule has 1 atom stereocenters. The minimum atomic E-state index is 0.523. The molecule has 0 saturated carbocycles. The van der Waals surface area contributed by atoms with Gasteiger partial charge in [0.05, 0.1) is 0 Å². The Morgan fingerprint density at radius 2 is 2.44 bits per heavy atom. The van der Waals surface area contributed by atoms with Gasteiger partial charge in [-0.3, -0.25) is 0 Å². The molecule has 1 aromatic rings. The van der Waals surface area contributed by atoms with Gasteiger partial charge < -0.3 is 5.32 Å². The van der Waals surface area contributed by atoms with Crippen LogP contribution in [0.5, 0.6) is 0 Å². The Labute approximate surface area is 105 Å². The van der Waals surface area contributed by atoms with E-state index in [1.54, 1.807) is 6.07 Å². The number of rotatable bonds is 4. The quantitative estimate of drug-likeness (QED) is 0.842. The molecule has 5 heteroatoms. The first-order valence-corrected chi connectivity index (χ1v) is 7.16. The number of anilines is 1. The standard InChI is InChI=1S/C11H16ClN3S/c1-2-10-14-9(12)5-11(15-10)13-6-8-3-4-16-7-8/h5,8H,2-4,6-7H2,1H3,(H,13,14,15). The lowest BCUT2D eigenvalue weighted by atomic mass is 10.1. The van der Waals surface area contributed by atoms with E-state index in [0.717, 1.165) is 30.5 Å². The highest BCUT2D eigenvalue weighted by Crippen LogP contribution is 2.23. The van der Waals surface area contributed by atoms with Crippen LogP contribution in [-0.2, 0) is 6.42 Å². The topological polar surface area (TPSA) is 37.8 Å². The van der Waals surface area contributed by atoms with Crippen molar-refractivity contribution in [3.63, 3.8) is 0 Å². The summed E-state index contributed by atoms with van der Waals surface area (Å²) in [6.07, 6.45) is 2.12. The van der Waals surface area contributed by atoms with Crippen molar-refractivity contribution in [2.45, 2.75) is 19.8 Å². The van der Waals surface area contributed by atoms with Gasteiger partial charge in [-0.05, 0) is 23.8 Å². The van der Waals surface area contributed by atoms with Crippen molar-refractivity contribution in [3.05, 3.63) is 17.0 Å². The Morgan fingerprint density at radius 1 is 1.56 bits per heavy atom. The molecule has 0 aromatic carbocycles. The van der Waals surface area contributed by atoms with Gasteiger partial charge in [0.2, 0.25) is 0 Å². The lowest BCUT2D eigenvalue weighted by Gasteiger charge is -2.11. The fourth-order valence-corrected chi connectivity index (χ4v) is 3.19. The Kier molecular flexibility index (Phi) is 4.29. The van der Waals surface area contributed by atoms with E-state index in [1.807, 2.05) is 18.7 Å². The lowest BCUT2D eigenvalue weighted by molar-refractivity contribution is 0.630. The number of halogens is 1. The van der Waals surface area contributed by atoms with Crippen molar-refractivity contribution in [3.8, 4) is 0 Å². The fourth-order valence-electron chi connectivity index (χ4n) is 1.71. The molecule has 1 saturated heterocycles. The predicted molar refractivity (Wildman–Crippen MR) is 70.3 cm³/mol. The highest BCUT2D eigenvalue weighted by atomic mass is 35.5. The summed E-state index contributed by atoms with van der Waals surface area (Å²) in [6.45, 7) is 3.02. The van der Waals surface area contributed by atoms with Crippen LogP contribution in [0.25, 0.3) is 0 Å². The Balaban J connectivity index is 1.94. The van der Waals surface area contributed by atoms with Gasteiger partial charge in [0.15, 0.2) is 0 Å². The molecule has 1 aromatic heterocycles. The van der Waals surface area contributed by atoms with Crippen LogP contribution in [0.4, 0.5) is 5.82 Å². The molecule has 0 aliphatic carbocycles. The van der Waals surface area contributed by atoms with Crippen LogP contribution < -0.4 is 5.32 Å². The zero-order chi connectivity index (χ0) is 11.4. The molecule has 2 rings (SSSR count). The Hall–Kier alpha value is -0.480. The lowest BCUT2D eigenvalue weighted by Crippen LogP contribution is -2.14. The first-order chi connectivity index (χ1) is 7.78. The third-order valence-electron chi connectivity index (χ3n) is 2.65. The van der Waals surface area contributed by atoms with Crippen LogP contribution in [0.1, 0.15) is 19.2 Å². The first-order valence-electron chi connectivity index (χ1n) is 5.63. The van der Waals surface area contributed by atoms with E-state index in [9.17, 15) is 0 Å². The average molecular weight is 258 g/mol. The number of nitrogens with one attached hydrogen (secondary N) is 1.